The second kappa shape index (κ2) is 6.81. The Bertz CT molecular complexity index is 844. The summed E-state index contributed by atoms with van der Waals surface area (Å²) in [4.78, 5) is 17.0. The molecule has 0 amide bonds. The van der Waals surface area contributed by atoms with Gasteiger partial charge in [0.25, 0.3) is 0 Å². The average molecular weight is 338 g/mol. The molecule has 1 fully saturated rings. The Kier molecular flexibility index (Phi) is 4.21. The first-order valence-corrected chi connectivity index (χ1v) is 8.05. The summed E-state index contributed by atoms with van der Waals surface area (Å²) in [6.07, 6.45) is 4.37. The summed E-state index contributed by atoms with van der Waals surface area (Å²) in [7, 11) is 0. The van der Waals surface area contributed by atoms with Crippen LogP contribution in [0.2, 0.25) is 0 Å². The molecule has 0 aromatic carbocycles. The van der Waals surface area contributed by atoms with Crippen LogP contribution in [0.3, 0.4) is 0 Å². The third-order valence-corrected chi connectivity index (χ3v) is 4.02. The van der Waals surface area contributed by atoms with Crippen molar-refractivity contribution in [1.29, 1.82) is 0 Å². The smallest absolute Gasteiger partial charge is 0.222 e. The molecule has 4 heterocycles. The van der Waals surface area contributed by atoms with Gasteiger partial charge in [0.2, 0.25) is 5.95 Å². The van der Waals surface area contributed by atoms with Gasteiger partial charge in [-0.25, -0.2) is 9.97 Å². The van der Waals surface area contributed by atoms with E-state index in [0.717, 1.165) is 24.3 Å². The fraction of sp³-hybridized carbons (Fsp3) is 0.312. The minimum atomic E-state index is 0.252. The van der Waals surface area contributed by atoms with E-state index in [9.17, 15) is 0 Å². The highest BCUT2D eigenvalue weighted by Crippen LogP contribution is 2.25. The zero-order chi connectivity index (χ0) is 17.1. The first-order chi connectivity index (χ1) is 12.3. The minimum Gasteiger partial charge on any atom is -0.381 e. The van der Waals surface area contributed by atoms with Crippen LogP contribution in [-0.2, 0) is 11.3 Å². The van der Waals surface area contributed by atoms with E-state index in [1.54, 1.807) is 12.4 Å². The van der Waals surface area contributed by atoms with Crippen molar-refractivity contribution in [3.63, 3.8) is 0 Å². The molecule has 9 nitrogen and oxygen atoms in total. The largest absolute Gasteiger partial charge is 0.381 e. The molecule has 0 aliphatic carbocycles. The molecule has 3 aromatic heterocycles. The topological polar surface area (TPSA) is 128 Å². The van der Waals surface area contributed by atoms with Crippen molar-refractivity contribution in [3.8, 4) is 11.4 Å². The first kappa shape index (κ1) is 15.5. The van der Waals surface area contributed by atoms with Gasteiger partial charge in [-0.2, -0.15) is 10.1 Å². The number of anilines is 2. The molecule has 0 bridgehead atoms. The van der Waals surface area contributed by atoms with Crippen LogP contribution in [0.5, 0.6) is 0 Å². The fourth-order valence-corrected chi connectivity index (χ4v) is 2.73. The first-order valence-electron chi connectivity index (χ1n) is 8.05. The number of nitrogens with zero attached hydrogens (tertiary/aromatic N) is 5. The van der Waals surface area contributed by atoms with Gasteiger partial charge in [0.1, 0.15) is 11.6 Å². The number of ether oxygens (including phenoxy) is 1. The summed E-state index contributed by atoms with van der Waals surface area (Å²) < 4.78 is 5.42. The van der Waals surface area contributed by atoms with Crippen molar-refractivity contribution >= 4 is 11.8 Å². The van der Waals surface area contributed by atoms with E-state index in [-0.39, 0.29) is 11.9 Å². The van der Waals surface area contributed by atoms with Gasteiger partial charge in [-0.15, -0.1) is 0 Å². The molecule has 0 radical (unpaired) electrons. The maximum Gasteiger partial charge on any atom is 0.222 e. The lowest BCUT2D eigenvalue weighted by molar-refractivity contribution is 0.193. The van der Waals surface area contributed by atoms with Gasteiger partial charge in [0, 0.05) is 36.5 Å². The lowest BCUT2D eigenvalue weighted by Gasteiger charge is -2.10. The summed E-state index contributed by atoms with van der Waals surface area (Å²) in [6.45, 7) is 1.88. The van der Waals surface area contributed by atoms with Gasteiger partial charge in [-0.1, -0.05) is 0 Å². The third-order valence-electron chi connectivity index (χ3n) is 4.02. The average Bonchev–Trinajstić information content (AvgIpc) is 3.32. The number of hydrogen-bond donors (Lipinski definition) is 3. The molecule has 25 heavy (non-hydrogen) atoms. The monoisotopic (exact) mass is 338 g/mol. The Morgan fingerprint density at radius 1 is 1.24 bits per heavy atom. The molecular weight excluding hydrogens is 320 g/mol. The van der Waals surface area contributed by atoms with Crippen LogP contribution in [-0.4, -0.2) is 43.3 Å². The van der Waals surface area contributed by atoms with Crippen molar-refractivity contribution in [2.45, 2.75) is 18.9 Å². The van der Waals surface area contributed by atoms with E-state index in [0.29, 0.717) is 30.6 Å². The Labute approximate surface area is 144 Å². The van der Waals surface area contributed by atoms with Crippen molar-refractivity contribution in [1.82, 2.24) is 30.1 Å². The summed E-state index contributed by atoms with van der Waals surface area (Å²) >= 11 is 0. The zero-order valence-corrected chi connectivity index (χ0v) is 13.5. The fourth-order valence-electron chi connectivity index (χ4n) is 2.73. The summed E-state index contributed by atoms with van der Waals surface area (Å²) in [5, 5.41) is 10.4. The molecule has 9 heteroatoms. The molecule has 1 aliphatic rings. The van der Waals surface area contributed by atoms with E-state index >= 15 is 0 Å². The van der Waals surface area contributed by atoms with E-state index in [2.05, 4.69) is 35.5 Å². The van der Waals surface area contributed by atoms with Gasteiger partial charge in [-0.05, 0) is 18.6 Å². The molecule has 0 spiro atoms. The zero-order valence-electron chi connectivity index (χ0n) is 13.5. The maximum atomic E-state index is 5.83. The van der Waals surface area contributed by atoms with Crippen molar-refractivity contribution in [2.24, 2.45) is 0 Å². The summed E-state index contributed by atoms with van der Waals surface area (Å²) in [5.41, 5.74) is 7.65. The molecular formula is C16H18N8O. The van der Waals surface area contributed by atoms with Crippen LogP contribution in [0, 0.1) is 0 Å². The summed E-state index contributed by atoms with van der Waals surface area (Å²) in [6, 6.07) is 5.64. The highest BCUT2D eigenvalue weighted by atomic mass is 16.5. The number of nitrogen functional groups attached to an aromatic ring is 1. The molecule has 4 N–H and O–H groups in total. The molecule has 4 rings (SSSR count). The number of nitrogens with one attached hydrogen (secondary N) is 2. The second-order valence-corrected chi connectivity index (χ2v) is 5.79. The lowest BCUT2D eigenvalue weighted by Crippen LogP contribution is -2.09. The highest BCUT2D eigenvalue weighted by molar-refractivity contribution is 5.53. The van der Waals surface area contributed by atoms with Crippen LogP contribution >= 0.6 is 0 Å². The number of rotatable bonds is 5. The predicted molar refractivity (Wildman–Crippen MR) is 91.6 cm³/mol. The number of aromatic amines is 1. The highest BCUT2D eigenvalue weighted by Gasteiger charge is 2.20. The van der Waals surface area contributed by atoms with E-state index in [1.165, 1.54) is 0 Å². The Hall–Kier alpha value is -3.07. The van der Waals surface area contributed by atoms with Crippen LogP contribution < -0.4 is 11.1 Å². The van der Waals surface area contributed by atoms with E-state index in [4.69, 9.17) is 10.5 Å². The lowest BCUT2D eigenvalue weighted by atomic mass is 10.0. The number of H-pyrrole nitrogens is 1. The van der Waals surface area contributed by atoms with Gasteiger partial charge < -0.3 is 15.8 Å². The molecule has 3 aromatic rings. The maximum absolute atomic E-state index is 5.83. The number of pyridine rings is 1. The van der Waals surface area contributed by atoms with E-state index in [1.807, 2.05) is 18.2 Å². The van der Waals surface area contributed by atoms with Crippen molar-refractivity contribution < 1.29 is 4.74 Å². The van der Waals surface area contributed by atoms with Gasteiger partial charge in [0.05, 0.1) is 18.8 Å². The molecule has 1 saturated heterocycles. The van der Waals surface area contributed by atoms with Crippen molar-refractivity contribution in [2.75, 3.05) is 24.3 Å². The van der Waals surface area contributed by atoms with Gasteiger partial charge in [0.15, 0.2) is 5.82 Å². The quantitative estimate of drug-likeness (QED) is 0.636. The van der Waals surface area contributed by atoms with Crippen LogP contribution in [0.4, 0.5) is 11.8 Å². The van der Waals surface area contributed by atoms with Crippen LogP contribution in [0.15, 0.2) is 30.6 Å². The molecule has 1 unspecified atom stereocenters. The standard InChI is InChI=1S/C16H18N8O/c17-16-20-12(11-3-6-25-9-11)7-13(22-16)19-8-14-21-15(24-23-14)10-1-4-18-5-2-10/h1-2,4-5,7,11H,3,6,8-9H2,(H,21,23,24)(H3,17,19,20,22). The normalized spacial score (nSPS) is 16.9. The Balaban J connectivity index is 1.45. The van der Waals surface area contributed by atoms with Crippen molar-refractivity contribution in [3.05, 3.63) is 42.1 Å². The number of hydrogen-bond acceptors (Lipinski definition) is 8. The number of aromatic nitrogens is 6. The SMILES string of the molecule is Nc1nc(NCc2nc(-c3ccncc3)n[nH]2)cc(C2CCOC2)n1. The number of nitrogens with two attached hydrogens (primary N) is 1. The Morgan fingerprint density at radius 3 is 2.92 bits per heavy atom. The van der Waals surface area contributed by atoms with Crippen LogP contribution in [0.25, 0.3) is 11.4 Å². The third kappa shape index (κ3) is 3.56. The van der Waals surface area contributed by atoms with E-state index < -0.39 is 0 Å². The molecule has 0 saturated carbocycles. The molecule has 1 atom stereocenters. The molecule has 1 aliphatic heterocycles. The Morgan fingerprint density at radius 2 is 2.12 bits per heavy atom. The molecule has 128 valence electrons. The summed E-state index contributed by atoms with van der Waals surface area (Å²) in [5.74, 6) is 2.52. The minimum absolute atomic E-state index is 0.252. The van der Waals surface area contributed by atoms with Gasteiger partial charge in [-0.3, -0.25) is 10.1 Å². The van der Waals surface area contributed by atoms with Crippen LogP contribution in [0.1, 0.15) is 23.9 Å². The predicted octanol–water partition coefficient (Wildman–Crippen LogP) is 1.35. The second-order valence-electron chi connectivity index (χ2n) is 5.79. The van der Waals surface area contributed by atoms with Gasteiger partial charge >= 0.3 is 0 Å².